The van der Waals surface area contributed by atoms with Crippen molar-refractivity contribution >= 4 is 23.9 Å². The van der Waals surface area contributed by atoms with E-state index in [1.54, 1.807) is 0 Å². The Morgan fingerprint density at radius 1 is 0.722 bits per heavy atom. The molecule has 0 aliphatic carbocycles. The summed E-state index contributed by atoms with van der Waals surface area (Å²) >= 11 is 0. The fourth-order valence-corrected chi connectivity index (χ4v) is 0.712. The van der Waals surface area contributed by atoms with E-state index < -0.39 is 36.1 Å². The van der Waals surface area contributed by atoms with Crippen LogP contribution >= 0.6 is 0 Å². The van der Waals surface area contributed by atoms with Crippen molar-refractivity contribution in [3.8, 4) is 0 Å². The van der Waals surface area contributed by atoms with Gasteiger partial charge in [-0.3, -0.25) is 0 Å². The van der Waals surface area contributed by atoms with Crippen LogP contribution in [0.2, 0.25) is 0 Å². The molecule has 0 amide bonds. The molecule has 2 atom stereocenters. The molecular weight excluding hydrogens is 256 g/mol. The maximum absolute atomic E-state index is 10.9. The summed E-state index contributed by atoms with van der Waals surface area (Å²) in [5.41, 5.74) is 0. The van der Waals surface area contributed by atoms with Gasteiger partial charge in [-0.05, 0) is 0 Å². The predicted octanol–water partition coefficient (Wildman–Crippen LogP) is -2.72. The molecule has 0 aromatic rings. The largest absolute Gasteiger partial charge is 0.387 e. The zero-order valence-electron chi connectivity index (χ0n) is 8.47. The summed E-state index contributed by atoms with van der Waals surface area (Å²) in [6.07, 6.45) is -3.75. The van der Waals surface area contributed by atoms with Crippen molar-refractivity contribution in [3.05, 3.63) is 12.2 Å². The molecule has 0 aromatic carbocycles. The Morgan fingerprint density at radius 2 is 1.06 bits per heavy atom. The van der Waals surface area contributed by atoms with Crippen molar-refractivity contribution < 1.29 is 48.9 Å². The number of aliphatic hydroxyl groups is 2. The van der Waals surface area contributed by atoms with Crippen molar-refractivity contribution in [2.45, 2.75) is 12.2 Å². The van der Waals surface area contributed by atoms with E-state index in [0.29, 0.717) is 12.2 Å². The van der Waals surface area contributed by atoms with Crippen LogP contribution in [0, 0.1) is 0 Å². The molecule has 0 spiro atoms. The van der Waals surface area contributed by atoms with Crippen LogP contribution in [0.25, 0.3) is 0 Å². The molecule has 18 heavy (non-hydrogen) atoms. The fourth-order valence-electron chi connectivity index (χ4n) is 0.712. The van der Waals surface area contributed by atoms with Crippen molar-refractivity contribution in [3.63, 3.8) is 0 Å². The average molecular weight is 262 g/mol. The lowest BCUT2D eigenvalue weighted by Crippen LogP contribution is -2.42. The lowest BCUT2D eigenvalue weighted by atomic mass is 10.2. The van der Waals surface area contributed by atoms with E-state index in [4.69, 9.17) is 10.2 Å². The summed E-state index contributed by atoms with van der Waals surface area (Å²) in [6, 6.07) is 0. The van der Waals surface area contributed by atoms with Crippen LogP contribution in [0.4, 0.5) is 0 Å². The number of carbonyl (C=O) groups is 4. The Kier molecular flexibility index (Phi) is 4.34. The Hall–Kier alpha value is -2.46. The SMILES string of the molecule is O=C1/C=C\C(=O)OOC(=O)C(O)C(O)C(=O)OO1. The highest BCUT2D eigenvalue weighted by Crippen LogP contribution is 2.02. The standard InChI is InChI=1S/C8H6O10/c9-3-1-2-4(10)16-18-8(14)6(12)5(11)7(13)17-15-3/h1-2,5-6,11-12H/b2-1-. The first-order chi connectivity index (χ1) is 8.41. The lowest BCUT2D eigenvalue weighted by molar-refractivity contribution is -0.273. The summed E-state index contributed by atoms with van der Waals surface area (Å²) in [5, 5.41) is 18.2. The van der Waals surface area contributed by atoms with Gasteiger partial charge in [0.2, 0.25) is 0 Å². The second-order valence-electron chi connectivity index (χ2n) is 2.83. The van der Waals surface area contributed by atoms with Gasteiger partial charge in [0.05, 0.1) is 0 Å². The number of carbonyl (C=O) groups excluding carboxylic acids is 4. The van der Waals surface area contributed by atoms with E-state index >= 15 is 0 Å². The van der Waals surface area contributed by atoms with Gasteiger partial charge in [0, 0.05) is 12.2 Å². The summed E-state index contributed by atoms with van der Waals surface area (Å²) in [7, 11) is 0. The Labute approximate surface area is 98.1 Å². The minimum atomic E-state index is -2.38. The van der Waals surface area contributed by atoms with Crippen LogP contribution in [0.3, 0.4) is 0 Å². The van der Waals surface area contributed by atoms with Crippen molar-refractivity contribution in [1.29, 1.82) is 0 Å². The molecule has 1 heterocycles. The molecule has 2 N–H and O–H groups in total. The van der Waals surface area contributed by atoms with Crippen LogP contribution in [0.15, 0.2) is 12.2 Å². The van der Waals surface area contributed by atoms with Gasteiger partial charge in [-0.15, -0.1) is 0 Å². The molecule has 0 radical (unpaired) electrons. The zero-order chi connectivity index (χ0) is 13.7. The second-order valence-corrected chi connectivity index (χ2v) is 2.83. The molecule has 2 unspecified atom stereocenters. The summed E-state index contributed by atoms with van der Waals surface area (Å²) in [4.78, 5) is 58.7. The van der Waals surface area contributed by atoms with E-state index in [1.165, 1.54) is 0 Å². The third-order valence-electron chi connectivity index (χ3n) is 1.55. The van der Waals surface area contributed by atoms with Gasteiger partial charge in [0.1, 0.15) is 0 Å². The molecule has 0 aromatic heterocycles. The molecule has 0 saturated carbocycles. The third-order valence-corrected chi connectivity index (χ3v) is 1.55. The molecule has 1 rings (SSSR count). The van der Waals surface area contributed by atoms with Gasteiger partial charge in [-0.25, -0.2) is 38.7 Å². The number of hydrogen-bond acceptors (Lipinski definition) is 10. The number of rotatable bonds is 0. The van der Waals surface area contributed by atoms with Crippen molar-refractivity contribution in [1.82, 2.24) is 0 Å². The molecule has 0 bridgehead atoms. The van der Waals surface area contributed by atoms with Gasteiger partial charge >= 0.3 is 23.9 Å². The van der Waals surface area contributed by atoms with Crippen LogP contribution in [0.1, 0.15) is 0 Å². The highest BCUT2D eigenvalue weighted by Gasteiger charge is 2.35. The summed E-state index contributed by atoms with van der Waals surface area (Å²) < 4.78 is 0. The molecule has 0 fully saturated rings. The lowest BCUT2D eigenvalue weighted by Gasteiger charge is -2.13. The fraction of sp³-hybridized carbons (Fsp3) is 0.250. The van der Waals surface area contributed by atoms with Gasteiger partial charge in [-0.1, -0.05) is 0 Å². The molecular formula is C8H6O10. The van der Waals surface area contributed by atoms with Crippen molar-refractivity contribution in [2.75, 3.05) is 0 Å². The quantitative estimate of drug-likeness (QED) is 0.441. The monoisotopic (exact) mass is 262 g/mol. The molecule has 1 aliphatic heterocycles. The highest BCUT2D eigenvalue weighted by molar-refractivity contribution is 5.92. The first-order valence-electron chi connectivity index (χ1n) is 4.30. The smallest absolute Gasteiger partial charge is 0.378 e. The number of hydrogen-bond donors (Lipinski definition) is 2. The van der Waals surface area contributed by atoms with Crippen molar-refractivity contribution in [2.24, 2.45) is 0 Å². The second kappa shape index (κ2) is 5.75. The zero-order valence-corrected chi connectivity index (χ0v) is 8.47. The highest BCUT2D eigenvalue weighted by atomic mass is 17.2. The van der Waals surface area contributed by atoms with E-state index in [-0.39, 0.29) is 0 Å². The minimum absolute atomic E-state index is 0.508. The van der Waals surface area contributed by atoms with Crippen LogP contribution in [0.5, 0.6) is 0 Å². The van der Waals surface area contributed by atoms with Gasteiger partial charge in [0.15, 0.2) is 12.2 Å². The minimum Gasteiger partial charge on any atom is -0.378 e. The van der Waals surface area contributed by atoms with Crippen LogP contribution < -0.4 is 0 Å². The normalized spacial score (nSPS) is 27.9. The van der Waals surface area contributed by atoms with E-state index in [9.17, 15) is 19.2 Å². The predicted molar refractivity (Wildman–Crippen MR) is 45.5 cm³/mol. The molecule has 10 nitrogen and oxygen atoms in total. The Morgan fingerprint density at radius 3 is 1.39 bits per heavy atom. The maximum atomic E-state index is 10.9. The third kappa shape index (κ3) is 3.54. The first-order valence-corrected chi connectivity index (χ1v) is 4.30. The number of aliphatic hydroxyl groups excluding tert-OH is 2. The van der Waals surface area contributed by atoms with Gasteiger partial charge in [-0.2, -0.15) is 0 Å². The van der Waals surface area contributed by atoms with Crippen LogP contribution in [-0.2, 0) is 38.7 Å². The van der Waals surface area contributed by atoms with E-state index in [2.05, 4.69) is 19.6 Å². The molecule has 1 aliphatic rings. The Bertz CT molecular complexity index is 372. The Balaban J connectivity index is 2.85. The first kappa shape index (κ1) is 13.6. The molecule has 10 heteroatoms. The average Bonchev–Trinajstić information content (AvgIpc) is 2.36. The molecule has 98 valence electrons. The summed E-state index contributed by atoms with van der Waals surface area (Å²) in [6.45, 7) is 0. The summed E-state index contributed by atoms with van der Waals surface area (Å²) in [5.74, 6) is -5.77. The van der Waals surface area contributed by atoms with E-state index in [1.807, 2.05) is 0 Å². The van der Waals surface area contributed by atoms with E-state index in [0.717, 1.165) is 0 Å². The molecule has 0 saturated heterocycles. The maximum Gasteiger partial charge on any atom is 0.387 e. The van der Waals surface area contributed by atoms with Gasteiger partial charge < -0.3 is 10.2 Å². The van der Waals surface area contributed by atoms with Crippen LogP contribution in [-0.4, -0.2) is 46.3 Å². The topological polar surface area (TPSA) is 146 Å². The van der Waals surface area contributed by atoms with Gasteiger partial charge in [0.25, 0.3) is 0 Å².